The first-order chi connectivity index (χ1) is 36.6. The Balaban J connectivity index is 0.643. The maximum atomic E-state index is 4.97. The van der Waals surface area contributed by atoms with Gasteiger partial charge in [-0.15, -0.1) is 0 Å². The molecule has 74 heavy (non-hydrogen) atoms. The molecule has 7 aromatic carbocycles. The second-order valence-electron chi connectivity index (χ2n) is 18.9. The SMILES string of the molecule is c1cnc2c(c1)ccc1cc(-c3ccc(-c4cnc5c(ccc6cc(-c7ccc(-c8cnc9c(ccc%10cc(-c%11ccc(-c%12cnc%13c(ccc%14cccnc%14%13)c%12)cc%11)cnc%109)c8)cc7)cnc65)c4)cc3)cnc12. The molecule has 8 nitrogen and oxygen atoms in total. The van der Waals surface area contributed by atoms with Crippen LogP contribution in [0.2, 0.25) is 0 Å². The number of hydrogen-bond donors (Lipinski definition) is 0. The van der Waals surface area contributed by atoms with Crippen molar-refractivity contribution in [2.24, 2.45) is 0 Å². The molecule has 0 bridgehead atoms. The van der Waals surface area contributed by atoms with E-state index in [4.69, 9.17) is 29.9 Å². The molecular formula is C66H38N8. The van der Waals surface area contributed by atoms with Crippen LogP contribution in [0, 0.1) is 0 Å². The first kappa shape index (κ1) is 41.6. The van der Waals surface area contributed by atoms with E-state index in [9.17, 15) is 0 Å². The highest BCUT2D eigenvalue weighted by atomic mass is 14.8. The molecule has 8 heteroatoms. The number of pyridine rings is 8. The number of hydrogen-bond acceptors (Lipinski definition) is 8. The van der Waals surface area contributed by atoms with Crippen LogP contribution in [0.3, 0.4) is 0 Å². The van der Waals surface area contributed by atoms with Crippen LogP contribution < -0.4 is 0 Å². The van der Waals surface area contributed by atoms with Crippen molar-refractivity contribution >= 4 is 87.2 Å². The van der Waals surface area contributed by atoms with Gasteiger partial charge in [-0.3, -0.25) is 39.9 Å². The summed E-state index contributed by atoms with van der Waals surface area (Å²) in [5.41, 5.74) is 20.1. The molecule has 342 valence electrons. The fourth-order valence-corrected chi connectivity index (χ4v) is 10.6. The molecular weight excluding hydrogens is 905 g/mol. The normalized spacial score (nSPS) is 11.8. The quantitative estimate of drug-likeness (QED) is 0.152. The van der Waals surface area contributed by atoms with Gasteiger partial charge >= 0.3 is 0 Å². The lowest BCUT2D eigenvalue weighted by atomic mass is 9.98. The monoisotopic (exact) mass is 942 g/mol. The van der Waals surface area contributed by atoms with E-state index in [0.29, 0.717) is 0 Å². The lowest BCUT2D eigenvalue weighted by Gasteiger charge is -2.10. The molecule has 0 aliphatic heterocycles. The summed E-state index contributed by atoms with van der Waals surface area (Å²) >= 11 is 0. The maximum Gasteiger partial charge on any atom is 0.0965 e. The molecule has 8 aromatic heterocycles. The summed E-state index contributed by atoms with van der Waals surface area (Å²) in [6, 6.07) is 64.1. The van der Waals surface area contributed by atoms with Crippen molar-refractivity contribution in [3.63, 3.8) is 0 Å². The number of fused-ring (bicyclic) bond motifs is 12. The second-order valence-corrected chi connectivity index (χ2v) is 18.9. The predicted octanol–water partition coefficient (Wildman–Crippen LogP) is 16.1. The largest absolute Gasteiger partial charge is 0.254 e. The topological polar surface area (TPSA) is 103 Å². The van der Waals surface area contributed by atoms with Gasteiger partial charge in [-0.25, -0.2) is 0 Å². The molecule has 0 aliphatic carbocycles. The van der Waals surface area contributed by atoms with E-state index >= 15 is 0 Å². The minimum atomic E-state index is 0.883. The van der Waals surface area contributed by atoms with E-state index in [1.807, 2.05) is 61.7 Å². The van der Waals surface area contributed by atoms with E-state index in [0.717, 1.165) is 154 Å². The molecule has 0 spiro atoms. The minimum absolute atomic E-state index is 0.883. The van der Waals surface area contributed by atoms with Crippen LogP contribution in [-0.4, -0.2) is 39.9 Å². The van der Waals surface area contributed by atoms with Gasteiger partial charge in [0.15, 0.2) is 0 Å². The third-order valence-corrected chi connectivity index (χ3v) is 14.5. The van der Waals surface area contributed by atoms with Crippen molar-refractivity contribution in [3.05, 3.63) is 232 Å². The van der Waals surface area contributed by atoms with E-state index in [1.54, 1.807) is 0 Å². The Morgan fingerprint density at radius 2 is 0.351 bits per heavy atom. The van der Waals surface area contributed by atoms with Gasteiger partial charge < -0.3 is 0 Å². The van der Waals surface area contributed by atoms with Crippen molar-refractivity contribution in [2.75, 3.05) is 0 Å². The molecule has 15 aromatic rings. The molecule has 0 radical (unpaired) electrons. The Bertz CT molecular complexity index is 4460. The fourth-order valence-electron chi connectivity index (χ4n) is 10.6. The van der Waals surface area contributed by atoms with E-state index in [2.05, 4.69) is 180 Å². The molecule has 15 rings (SSSR count). The van der Waals surface area contributed by atoms with Crippen LogP contribution in [0.5, 0.6) is 0 Å². The molecule has 0 fully saturated rings. The zero-order chi connectivity index (χ0) is 48.7. The van der Waals surface area contributed by atoms with Gasteiger partial charge in [0.2, 0.25) is 0 Å². The average Bonchev–Trinajstić information content (AvgIpc) is 3.48. The van der Waals surface area contributed by atoms with Crippen molar-refractivity contribution in [1.82, 2.24) is 39.9 Å². The van der Waals surface area contributed by atoms with Crippen LogP contribution in [0.4, 0.5) is 0 Å². The van der Waals surface area contributed by atoms with Gasteiger partial charge in [0.25, 0.3) is 0 Å². The molecule has 0 saturated carbocycles. The Morgan fingerprint density at radius 1 is 0.162 bits per heavy atom. The van der Waals surface area contributed by atoms with Crippen LogP contribution in [0.15, 0.2) is 232 Å². The molecule has 0 aliphatic rings. The van der Waals surface area contributed by atoms with Crippen LogP contribution >= 0.6 is 0 Å². The van der Waals surface area contributed by atoms with E-state index < -0.39 is 0 Å². The van der Waals surface area contributed by atoms with Gasteiger partial charge in [-0.1, -0.05) is 133 Å². The fraction of sp³-hybridized carbons (Fsp3) is 0. The number of rotatable bonds is 6. The smallest absolute Gasteiger partial charge is 0.0965 e. The summed E-state index contributed by atoms with van der Waals surface area (Å²) in [4.78, 5) is 38.6. The molecule has 0 N–H and O–H groups in total. The highest BCUT2D eigenvalue weighted by molar-refractivity contribution is 6.07. The minimum Gasteiger partial charge on any atom is -0.254 e. The van der Waals surface area contributed by atoms with Gasteiger partial charge in [0, 0.05) is 126 Å². The summed E-state index contributed by atoms with van der Waals surface area (Å²) in [6.07, 6.45) is 15.3. The highest BCUT2D eigenvalue weighted by Crippen LogP contribution is 2.35. The van der Waals surface area contributed by atoms with Gasteiger partial charge in [-0.2, -0.15) is 0 Å². The number of aromatic nitrogens is 8. The van der Waals surface area contributed by atoms with E-state index in [1.165, 1.54) is 0 Å². The van der Waals surface area contributed by atoms with Crippen molar-refractivity contribution in [1.29, 1.82) is 0 Å². The summed E-state index contributed by atoms with van der Waals surface area (Å²) in [5, 5.41) is 8.51. The van der Waals surface area contributed by atoms with Crippen LogP contribution in [0.25, 0.3) is 154 Å². The lowest BCUT2D eigenvalue weighted by molar-refractivity contribution is 1.37. The molecule has 8 heterocycles. The molecule has 0 atom stereocenters. The summed E-state index contributed by atoms with van der Waals surface area (Å²) in [6.45, 7) is 0. The maximum absolute atomic E-state index is 4.97. The summed E-state index contributed by atoms with van der Waals surface area (Å²) in [7, 11) is 0. The summed E-state index contributed by atoms with van der Waals surface area (Å²) < 4.78 is 0. The molecule has 0 saturated heterocycles. The zero-order valence-corrected chi connectivity index (χ0v) is 39.5. The molecule has 0 unspecified atom stereocenters. The van der Waals surface area contributed by atoms with E-state index in [-0.39, 0.29) is 0 Å². The Labute approximate surface area is 423 Å². The number of nitrogens with zero attached hydrogens (tertiary/aromatic N) is 8. The zero-order valence-electron chi connectivity index (χ0n) is 39.5. The van der Waals surface area contributed by atoms with Crippen LogP contribution in [0.1, 0.15) is 0 Å². The lowest BCUT2D eigenvalue weighted by Crippen LogP contribution is -1.90. The first-order valence-electron chi connectivity index (χ1n) is 24.6. The average molecular weight is 943 g/mol. The second kappa shape index (κ2) is 16.7. The third-order valence-electron chi connectivity index (χ3n) is 14.5. The van der Waals surface area contributed by atoms with Gasteiger partial charge in [0.1, 0.15) is 0 Å². The highest BCUT2D eigenvalue weighted by Gasteiger charge is 2.13. The van der Waals surface area contributed by atoms with Crippen molar-refractivity contribution in [3.8, 4) is 66.8 Å². The van der Waals surface area contributed by atoms with Crippen molar-refractivity contribution < 1.29 is 0 Å². The third kappa shape index (κ3) is 7.07. The summed E-state index contributed by atoms with van der Waals surface area (Å²) in [5.74, 6) is 0. The van der Waals surface area contributed by atoms with Gasteiger partial charge in [-0.05, 0) is 81.9 Å². The van der Waals surface area contributed by atoms with Crippen LogP contribution in [-0.2, 0) is 0 Å². The Morgan fingerprint density at radius 3 is 0.568 bits per heavy atom. The standard InChI is InChI=1S/C66H38N8/c1-3-45-17-19-47-27-53(33-69-61(47)59(45)67-25-1)39-5-9-41(10-6-39)55-29-49-21-23-51-31-57(37-73-65(51)63(49)71-35-55)43-13-15-44(16-14-43)58-32-52-24-22-50-30-56(36-72-64(50)66(52)74-38-58)42-11-7-40(8-12-42)54-28-48-20-18-46-4-2-26-68-60(46)62(48)70-34-54/h1-38H. The van der Waals surface area contributed by atoms with Crippen molar-refractivity contribution in [2.45, 2.75) is 0 Å². The number of benzene rings is 7. The Kier molecular flexibility index (Phi) is 9.40. The molecule has 0 amide bonds. The van der Waals surface area contributed by atoms with Gasteiger partial charge in [0.05, 0.1) is 44.1 Å². The predicted molar refractivity (Wildman–Crippen MR) is 301 cm³/mol. The Hall–Kier alpha value is -10.2. The first-order valence-corrected chi connectivity index (χ1v) is 24.6.